The highest BCUT2D eigenvalue weighted by atomic mass is 31.2. The lowest BCUT2D eigenvalue weighted by Crippen LogP contribution is -2.47. The van der Waals surface area contributed by atoms with Crippen LogP contribution in [0.2, 0.25) is 0 Å². The third kappa shape index (κ3) is 14.1. The Hall–Kier alpha value is -0.960. The molecule has 196 valence electrons. The molecule has 0 aliphatic rings. The second-order valence-corrected chi connectivity index (χ2v) is 11.0. The van der Waals surface area contributed by atoms with Gasteiger partial charge in [0, 0.05) is 23.9 Å². The average molecular weight is 524 g/mol. The molecule has 0 aromatic carbocycles. The molecule has 0 aliphatic heterocycles. The number of rotatable bonds is 16. The molecule has 0 fully saturated rings. The number of hydrogen-bond donors (Lipinski definition) is 8. The molecule has 0 spiro atoms. The van der Waals surface area contributed by atoms with Crippen molar-refractivity contribution in [1.29, 1.82) is 0 Å². The number of aliphatic hydroxyl groups excluding tert-OH is 2. The first-order valence-corrected chi connectivity index (χ1v) is 12.7. The molecule has 0 aromatic heterocycles. The van der Waals surface area contributed by atoms with Gasteiger partial charge in [0.15, 0.2) is 0 Å². The second-order valence-electron chi connectivity index (χ2n) is 8.50. The Balaban J connectivity index is 4.19. The van der Waals surface area contributed by atoms with Crippen molar-refractivity contribution in [3.63, 3.8) is 0 Å². The van der Waals surface area contributed by atoms with Crippen molar-refractivity contribution in [3.8, 4) is 0 Å². The van der Waals surface area contributed by atoms with Gasteiger partial charge < -0.3 is 45.2 Å². The number of aliphatic hydroxyl groups is 2. The number of carbonyl (C=O) groups is 2. The summed E-state index contributed by atoms with van der Waals surface area (Å²) in [6, 6.07) is 0. The Labute approximate surface area is 191 Å². The Morgan fingerprint density at radius 1 is 0.758 bits per heavy atom. The SMILES string of the molecule is CC(C)(COP(=O)(O)O)C(O)C(=O)NCCOCCNC(=O)C(O)C(C)(C)COP(=O)(O)O. The summed E-state index contributed by atoms with van der Waals surface area (Å²) < 4.78 is 35.4. The van der Waals surface area contributed by atoms with Crippen molar-refractivity contribution in [3.05, 3.63) is 0 Å². The summed E-state index contributed by atoms with van der Waals surface area (Å²) in [4.78, 5) is 58.8. The molecule has 0 heterocycles. The number of phosphoric ester groups is 2. The van der Waals surface area contributed by atoms with Crippen LogP contribution in [-0.4, -0.2) is 93.3 Å². The van der Waals surface area contributed by atoms with Crippen LogP contribution in [0.4, 0.5) is 0 Å². The maximum absolute atomic E-state index is 12.0. The summed E-state index contributed by atoms with van der Waals surface area (Å²) in [6.45, 7) is 4.45. The van der Waals surface area contributed by atoms with E-state index in [1.54, 1.807) is 0 Å². The van der Waals surface area contributed by atoms with Gasteiger partial charge in [-0.2, -0.15) is 0 Å². The van der Waals surface area contributed by atoms with Crippen molar-refractivity contribution in [2.24, 2.45) is 10.8 Å². The summed E-state index contributed by atoms with van der Waals surface area (Å²) in [5, 5.41) is 24.8. The molecule has 15 nitrogen and oxygen atoms in total. The summed E-state index contributed by atoms with van der Waals surface area (Å²) in [5.74, 6) is -1.59. The Morgan fingerprint density at radius 2 is 1.06 bits per heavy atom. The highest BCUT2D eigenvalue weighted by Crippen LogP contribution is 2.39. The minimum Gasteiger partial charge on any atom is -0.383 e. The number of carbonyl (C=O) groups excluding carboxylic acids is 2. The molecule has 2 atom stereocenters. The Morgan fingerprint density at radius 3 is 1.33 bits per heavy atom. The first kappa shape index (κ1) is 32.0. The maximum Gasteiger partial charge on any atom is 0.469 e. The predicted molar refractivity (Wildman–Crippen MR) is 112 cm³/mol. The molecule has 0 radical (unpaired) electrons. The molecule has 2 unspecified atom stereocenters. The molecular formula is C16H34N2O13P2. The van der Waals surface area contributed by atoms with Gasteiger partial charge in [-0.1, -0.05) is 27.7 Å². The van der Waals surface area contributed by atoms with E-state index in [0.29, 0.717) is 0 Å². The number of amides is 2. The van der Waals surface area contributed by atoms with Crippen molar-refractivity contribution < 1.29 is 62.3 Å². The van der Waals surface area contributed by atoms with E-state index in [1.165, 1.54) is 27.7 Å². The van der Waals surface area contributed by atoms with Crippen molar-refractivity contribution in [2.75, 3.05) is 39.5 Å². The van der Waals surface area contributed by atoms with Crippen LogP contribution in [0.15, 0.2) is 0 Å². The Kier molecular flexibility index (Phi) is 12.8. The molecule has 17 heteroatoms. The van der Waals surface area contributed by atoms with Crippen molar-refractivity contribution in [2.45, 2.75) is 39.9 Å². The zero-order valence-electron chi connectivity index (χ0n) is 18.8. The molecular weight excluding hydrogens is 490 g/mol. The second kappa shape index (κ2) is 13.2. The van der Waals surface area contributed by atoms with E-state index in [1.807, 2.05) is 0 Å². The van der Waals surface area contributed by atoms with E-state index in [9.17, 15) is 28.9 Å². The van der Waals surface area contributed by atoms with Crippen LogP contribution in [0.1, 0.15) is 27.7 Å². The lowest BCUT2D eigenvalue weighted by Gasteiger charge is -2.29. The summed E-state index contributed by atoms with van der Waals surface area (Å²) in [5.41, 5.74) is -2.55. The number of ether oxygens (including phenoxy) is 1. The topological polar surface area (TPSA) is 241 Å². The normalized spacial score (nSPS) is 15.1. The van der Waals surface area contributed by atoms with Crippen LogP contribution in [-0.2, 0) is 32.5 Å². The maximum atomic E-state index is 12.0. The molecule has 0 aromatic rings. The molecule has 0 aliphatic carbocycles. The third-order valence-electron chi connectivity index (χ3n) is 4.28. The van der Waals surface area contributed by atoms with Gasteiger partial charge in [0.1, 0.15) is 12.2 Å². The Bertz CT molecular complexity index is 674. The lowest BCUT2D eigenvalue weighted by molar-refractivity contribution is -0.137. The van der Waals surface area contributed by atoms with Crippen molar-refractivity contribution in [1.82, 2.24) is 10.6 Å². The molecule has 0 saturated heterocycles. The smallest absolute Gasteiger partial charge is 0.383 e. The number of phosphoric acid groups is 2. The quantitative estimate of drug-likeness (QED) is 0.0824. The van der Waals surface area contributed by atoms with Gasteiger partial charge >= 0.3 is 15.6 Å². The van der Waals surface area contributed by atoms with E-state index in [4.69, 9.17) is 24.3 Å². The standard InChI is InChI=1S/C16H34N2O13P2/c1-15(2,9-30-32(23,24)25)11(19)13(21)17-5-7-29-8-6-18-14(22)12(20)16(3,4)10-31-33(26,27)28/h11-12,19-20H,5-10H2,1-4H3,(H,17,21)(H,18,22)(H2,23,24,25)(H2,26,27,28). The van der Waals surface area contributed by atoms with Gasteiger partial charge in [-0.25, -0.2) is 9.13 Å². The van der Waals surface area contributed by atoms with Crippen molar-refractivity contribution >= 4 is 27.5 Å². The summed E-state index contributed by atoms with van der Waals surface area (Å²) >= 11 is 0. The molecule has 8 N–H and O–H groups in total. The van der Waals surface area contributed by atoms with E-state index in [2.05, 4.69) is 19.7 Å². The van der Waals surface area contributed by atoms with Gasteiger partial charge in [-0.05, 0) is 0 Å². The van der Waals surface area contributed by atoms with Gasteiger partial charge in [-0.3, -0.25) is 18.6 Å². The average Bonchev–Trinajstić information content (AvgIpc) is 2.67. The van der Waals surface area contributed by atoms with Crippen LogP contribution in [0, 0.1) is 10.8 Å². The lowest BCUT2D eigenvalue weighted by atomic mass is 9.87. The molecule has 0 saturated carbocycles. The van der Waals surface area contributed by atoms with E-state index < -0.39 is 63.7 Å². The third-order valence-corrected chi connectivity index (χ3v) is 5.21. The zero-order chi connectivity index (χ0) is 26.1. The fourth-order valence-corrected chi connectivity index (χ4v) is 3.16. The van der Waals surface area contributed by atoms with Gasteiger partial charge in [0.2, 0.25) is 11.8 Å². The first-order valence-electron chi connectivity index (χ1n) is 9.68. The van der Waals surface area contributed by atoms with Crippen LogP contribution >= 0.6 is 15.6 Å². The molecule has 0 bridgehead atoms. The monoisotopic (exact) mass is 524 g/mol. The number of nitrogens with one attached hydrogen (secondary N) is 2. The first-order chi connectivity index (χ1) is 14.8. The molecule has 2 amide bonds. The fraction of sp³-hybridized carbons (Fsp3) is 0.875. The summed E-state index contributed by atoms with van der Waals surface area (Å²) in [7, 11) is -9.50. The summed E-state index contributed by atoms with van der Waals surface area (Å²) in [6.07, 6.45) is -3.22. The predicted octanol–water partition coefficient (Wildman–Crippen LogP) is -1.77. The highest BCUT2D eigenvalue weighted by Gasteiger charge is 2.37. The van der Waals surface area contributed by atoms with E-state index in [-0.39, 0.29) is 26.3 Å². The largest absolute Gasteiger partial charge is 0.469 e. The minimum absolute atomic E-state index is 0.00532. The van der Waals surface area contributed by atoms with Crippen LogP contribution < -0.4 is 10.6 Å². The fourth-order valence-electron chi connectivity index (χ4n) is 2.16. The van der Waals surface area contributed by atoms with Crippen LogP contribution in [0.3, 0.4) is 0 Å². The molecule has 0 rings (SSSR count). The number of hydrogen-bond acceptors (Lipinski definition) is 9. The zero-order valence-corrected chi connectivity index (χ0v) is 20.6. The van der Waals surface area contributed by atoms with E-state index >= 15 is 0 Å². The van der Waals surface area contributed by atoms with Gasteiger partial charge in [0.25, 0.3) is 0 Å². The van der Waals surface area contributed by atoms with Crippen LogP contribution in [0.5, 0.6) is 0 Å². The van der Waals surface area contributed by atoms with Gasteiger partial charge in [0.05, 0.1) is 26.4 Å². The highest BCUT2D eigenvalue weighted by molar-refractivity contribution is 7.46. The minimum atomic E-state index is -4.75. The van der Waals surface area contributed by atoms with E-state index in [0.717, 1.165) is 0 Å². The van der Waals surface area contributed by atoms with Gasteiger partial charge in [-0.15, -0.1) is 0 Å². The van der Waals surface area contributed by atoms with Crippen LogP contribution in [0.25, 0.3) is 0 Å². The molecule has 33 heavy (non-hydrogen) atoms.